The van der Waals surface area contributed by atoms with Crippen LogP contribution in [0.1, 0.15) is 11.1 Å². The molecule has 0 heterocycles. The van der Waals surface area contributed by atoms with Crippen molar-refractivity contribution in [1.29, 1.82) is 0 Å². The molecular formula is C38H26. The minimum Gasteiger partial charge on any atom is -0.0622 e. The van der Waals surface area contributed by atoms with Gasteiger partial charge in [0.05, 0.1) is 0 Å². The number of hydrogen-bond donors (Lipinski definition) is 0. The van der Waals surface area contributed by atoms with Crippen LogP contribution in [0.3, 0.4) is 0 Å². The SMILES string of the molecule is C1=CC2=CC=CC3=C4C(c5ccccc5)=c5cc(-c6ccccc6)ccc5=C(c5ccccc5)C4C(=C1)C23. The Morgan fingerprint density at radius 2 is 1.11 bits per heavy atom. The average Bonchev–Trinajstić information content (AvgIpc) is 3.32. The van der Waals surface area contributed by atoms with Crippen molar-refractivity contribution in [3.8, 4) is 11.1 Å². The van der Waals surface area contributed by atoms with E-state index in [0.29, 0.717) is 5.92 Å². The molecule has 8 rings (SSSR count). The van der Waals surface area contributed by atoms with Gasteiger partial charge in [-0.05, 0) is 72.2 Å². The molecule has 0 N–H and O–H groups in total. The average molecular weight is 483 g/mol. The molecular weight excluding hydrogens is 456 g/mol. The van der Waals surface area contributed by atoms with E-state index in [2.05, 4.69) is 146 Å². The van der Waals surface area contributed by atoms with Crippen molar-refractivity contribution in [1.82, 2.24) is 0 Å². The van der Waals surface area contributed by atoms with Crippen molar-refractivity contribution in [3.63, 3.8) is 0 Å². The van der Waals surface area contributed by atoms with Crippen LogP contribution in [-0.4, -0.2) is 0 Å². The lowest BCUT2D eigenvalue weighted by atomic mass is 9.73. The summed E-state index contributed by atoms with van der Waals surface area (Å²) in [5.74, 6) is 0.545. The summed E-state index contributed by atoms with van der Waals surface area (Å²) in [6.45, 7) is 0. The van der Waals surface area contributed by atoms with Gasteiger partial charge >= 0.3 is 0 Å². The number of fused-ring (bicyclic) bond motifs is 3. The van der Waals surface area contributed by atoms with Crippen molar-refractivity contribution < 1.29 is 0 Å². The molecule has 2 unspecified atom stereocenters. The van der Waals surface area contributed by atoms with Crippen molar-refractivity contribution in [2.75, 3.05) is 0 Å². The summed E-state index contributed by atoms with van der Waals surface area (Å²) in [6.07, 6.45) is 13.8. The zero-order chi connectivity index (χ0) is 25.1. The maximum atomic E-state index is 2.43. The summed E-state index contributed by atoms with van der Waals surface area (Å²) in [7, 11) is 0. The van der Waals surface area contributed by atoms with Gasteiger partial charge in [0.2, 0.25) is 0 Å². The standard InChI is InChI=1S/C38H26/c1-4-12-25(13-5-1)29-22-23-30-33(24-29)36(28-16-8-3-9-17-28)38-32-21-11-19-26-18-10-20-31(34(26)32)37(38)35(30)27-14-6-2-7-15-27/h1-24,34,37H. The predicted molar refractivity (Wildman–Crippen MR) is 157 cm³/mol. The summed E-state index contributed by atoms with van der Waals surface area (Å²) in [4.78, 5) is 0. The number of allylic oxidation sites excluding steroid dienone is 10. The first-order valence-electron chi connectivity index (χ1n) is 13.4. The highest BCUT2D eigenvalue weighted by atomic mass is 14.5. The molecule has 0 saturated carbocycles. The van der Waals surface area contributed by atoms with Crippen molar-refractivity contribution in [2.24, 2.45) is 11.8 Å². The summed E-state index contributed by atoms with van der Waals surface area (Å²) in [6, 6.07) is 39.9. The van der Waals surface area contributed by atoms with Gasteiger partial charge in [-0.25, -0.2) is 0 Å². The molecule has 0 heteroatoms. The van der Waals surface area contributed by atoms with Gasteiger partial charge in [-0.1, -0.05) is 140 Å². The zero-order valence-electron chi connectivity index (χ0n) is 21.0. The van der Waals surface area contributed by atoms with Crippen LogP contribution in [0.15, 0.2) is 168 Å². The van der Waals surface area contributed by atoms with E-state index in [1.165, 1.54) is 66.1 Å². The Balaban J connectivity index is 1.57. The second-order valence-corrected chi connectivity index (χ2v) is 10.4. The minimum absolute atomic E-state index is 0.221. The van der Waals surface area contributed by atoms with Crippen molar-refractivity contribution in [2.45, 2.75) is 0 Å². The Kier molecular flexibility index (Phi) is 4.75. The van der Waals surface area contributed by atoms with Crippen LogP contribution in [0.2, 0.25) is 0 Å². The van der Waals surface area contributed by atoms with Crippen LogP contribution < -0.4 is 10.4 Å². The maximum Gasteiger partial charge on any atom is 0.0333 e. The molecule has 4 aromatic carbocycles. The summed E-state index contributed by atoms with van der Waals surface area (Å²) < 4.78 is 0. The molecule has 178 valence electrons. The maximum absolute atomic E-state index is 2.43. The molecule has 4 aliphatic carbocycles. The fourth-order valence-electron chi connectivity index (χ4n) is 6.92. The highest BCUT2D eigenvalue weighted by Gasteiger charge is 2.44. The van der Waals surface area contributed by atoms with Crippen LogP contribution in [0.4, 0.5) is 0 Å². The molecule has 0 fully saturated rings. The monoisotopic (exact) mass is 482 g/mol. The van der Waals surface area contributed by atoms with Gasteiger partial charge in [0.15, 0.2) is 0 Å². The largest absolute Gasteiger partial charge is 0.0622 e. The lowest BCUT2D eigenvalue weighted by Crippen LogP contribution is -2.37. The normalized spacial score (nSPS) is 20.5. The van der Waals surface area contributed by atoms with Gasteiger partial charge in [-0.3, -0.25) is 0 Å². The van der Waals surface area contributed by atoms with Crippen LogP contribution in [0, 0.1) is 11.8 Å². The molecule has 0 aliphatic heterocycles. The fraction of sp³-hybridized carbons (Fsp3) is 0.0526. The Morgan fingerprint density at radius 1 is 0.447 bits per heavy atom. The lowest BCUT2D eigenvalue weighted by molar-refractivity contribution is 0.829. The van der Waals surface area contributed by atoms with E-state index >= 15 is 0 Å². The summed E-state index contributed by atoms with van der Waals surface area (Å²) >= 11 is 0. The van der Waals surface area contributed by atoms with Crippen LogP contribution in [-0.2, 0) is 0 Å². The third kappa shape index (κ3) is 3.10. The second kappa shape index (κ2) is 8.43. The Labute approximate surface area is 223 Å². The number of hydrogen-bond acceptors (Lipinski definition) is 0. The van der Waals surface area contributed by atoms with E-state index in [9.17, 15) is 0 Å². The van der Waals surface area contributed by atoms with E-state index < -0.39 is 0 Å². The molecule has 0 nitrogen and oxygen atoms in total. The third-order valence-corrected chi connectivity index (χ3v) is 8.44. The third-order valence-electron chi connectivity index (χ3n) is 8.44. The van der Waals surface area contributed by atoms with E-state index in [-0.39, 0.29) is 5.92 Å². The van der Waals surface area contributed by atoms with Crippen LogP contribution >= 0.6 is 0 Å². The van der Waals surface area contributed by atoms with Crippen LogP contribution in [0.5, 0.6) is 0 Å². The lowest BCUT2D eigenvalue weighted by Gasteiger charge is -2.29. The molecule has 38 heavy (non-hydrogen) atoms. The molecule has 0 spiro atoms. The first kappa shape index (κ1) is 21.4. The quantitative estimate of drug-likeness (QED) is 0.287. The zero-order valence-corrected chi connectivity index (χ0v) is 21.0. The molecule has 4 aliphatic rings. The molecule has 0 aromatic heterocycles. The van der Waals surface area contributed by atoms with Gasteiger partial charge in [-0.15, -0.1) is 0 Å². The summed E-state index contributed by atoms with van der Waals surface area (Å²) in [5.41, 5.74) is 13.7. The molecule has 0 amide bonds. The first-order chi connectivity index (χ1) is 18.9. The second-order valence-electron chi connectivity index (χ2n) is 10.4. The van der Waals surface area contributed by atoms with Gasteiger partial charge in [0.1, 0.15) is 0 Å². The van der Waals surface area contributed by atoms with Gasteiger partial charge in [0.25, 0.3) is 0 Å². The van der Waals surface area contributed by atoms with E-state index in [1.54, 1.807) is 0 Å². The Hall–Kier alpha value is -4.68. The minimum atomic E-state index is 0.221. The van der Waals surface area contributed by atoms with E-state index in [0.717, 1.165) is 0 Å². The van der Waals surface area contributed by atoms with Gasteiger partial charge in [0, 0.05) is 11.8 Å². The predicted octanol–water partition coefficient (Wildman–Crippen LogP) is 7.30. The number of benzene rings is 4. The first-order valence-corrected chi connectivity index (χ1v) is 13.4. The molecule has 0 radical (unpaired) electrons. The van der Waals surface area contributed by atoms with E-state index in [4.69, 9.17) is 0 Å². The Morgan fingerprint density at radius 3 is 1.84 bits per heavy atom. The smallest absolute Gasteiger partial charge is 0.0333 e. The fourth-order valence-corrected chi connectivity index (χ4v) is 6.92. The number of rotatable bonds is 3. The highest BCUT2D eigenvalue weighted by molar-refractivity contribution is 5.94. The molecule has 2 atom stereocenters. The Bertz CT molecular complexity index is 1880. The highest BCUT2D eigenvalue weighted by Crippen LogP contribution is 2.56. The van der Waals surface area contributed by atoms with Crippen molar-refractivity contribution >= 4 is 11.1 Å². The van der Waals surface area contributed by atoms with Gasteiger partial charge in [-0.2, -0.15) is 0 Å². The van der Waals surface area contributed by atoms with E-state index in [1.807, 2.05) is 0 Å². The molecule has 0 bridgehead atoms. The molecule has 4 aromatic rings. The van der Waals surface area contributed by atoms with Gasteiger partial charge < -0.3 is 0 Å². The summed E-state index contributed by atoms with van der Waals surface area (Å²) in [5, 5.41) is 2.67. The van der Waals surface area contributed by atoms with Crippen molar-refractivity contribution in [3.05, 3.63) is 190 Å². The topological polar surface area (TPSA) is 0 Å². The van der Waals surface area contributed by atoms with Crippen LogP contribution in [0.25, 0.3) is 22.3 Å². The molecule has 0 saturated heterocycles.